The van der Waals surface area contributed by atoms with Gasteiger partial charge in [0, 0.05) is 6.61 Å². The standard InChI is InChI=1S/C13H24O6S/c1-3-4-5-6-19-12-13(18,8(2)15)11(17)10(16)9(7-14)20-12/h9-12,14,16-18H,3-7H2,1-2H3/t9-,10+,11-,12-,13+/m0/s1. The van der Waals surface area contributed by atoms with Crippen LogP contribution in [-0.2, 0) is 9.53 Å². The summed E-state index contributed by atoms with van der Waals surface area (Å²) in [5.74, 6) is -0.659. The van der Waals surface area contributed by atoms with E-state index in [-0.39, 0.29) is 6.61 Å². The first-order valence-corrected chi connectivity index (χ1v) is 7.81. The van der Waals surface area contributed by atoms with E-state index >= 15 is 0 Å². The van der Waals surface area contributed by atoms with Gasteiger partial charge in [-0.25, -0.2) is 0 Å². The van der Waals surface area contributed by atoms with Crippen molar-refractivity contribution in [2.45, 2.75) is 61.6 Å². The highest BCUT2D eigenvalue weighted by molar-refractivity contribution is 8.00. The molecule has 0 aromatic rings. The van der Waals surface area contributed by atoms with Gasteiger partial charge in [-0.3, -0.25) is 4.79 Å². The quantitative estimate of drug-likeness (QED) is 0.477. The molecule has 20 heavy (non-hydrogen) atoms. The number of carbonyl (C=O) groups excluding carboxylic acids is 1. The van der Waals surface area contributed by atoms with Crippen LogP contribution in [0.4, 0.5) is 0 Å². The highest BCUT2D eigenvalue weighted by Crippen LogP contribution is 2.40. The van der Waals surface area contributed by atoms with E-state index in [1.54, 1.807) is 0 Å². The molecular weight excluding hydrogens is 284 g/mol. The highest BCUT2D eigenvalue weighted by Gasteiger charge is 2.57. The van der Waals surface area contributed by atoms with Gasteiger partial charge in [-0.1, -0.05) is 19.8 Å². The zero-order valence-electron chi connectivity index (χ0n) is 11.9. The lowest BCUT2D eigenvalue weighted by atomic mass is 9.87. The van der Waals surface area contributed by atoms with Crippen LogP contribution in [0.5, 0.6) is 0 Å². The summed E-state index contributed by atoms with van der Waals surface area (Å²) in [6.07, 6.45) is -0.295. The lowest BCUT2D eigenvalue weighted by molar-refractivity contribution is -0.184. The molecule has 118 valence electrons. The van der Waals surface area contributed by atoms with E-state index in [4.69, 9.17) is 4.74 Å². The van der Waals surface area contributed by atoms with Crippen LogP contribution in [0.3, 0.4) is 0 Å². The minimum atomic E-state index is -2.15. The fourth-order valence-corrected chi connectivity index (χ4v) is 3.58. The van der Waals surface area contributed by atoms with Crippen molar-refractivity contribution in [1.82, 2.24) is 0 Å². The third-order valence-corrected chi connectivity index (χ3v) is 5.09. The van der Waals surface area contributed by atoms with Crippen molar-refractivity contribution in [1.29, 1.82) is 0 Å². The van der Waals surface area contributed by atoms with Crippen LogP contribution in [0.1, 0.15) is 33.1 Å². The average molecular weight is 308 g/mol. The van der Waals surface area contributed by atoms with Crippen LogP contribution < -0.4 is 0 Å². The van der Waals surface area contributed by atoms with Crippen molar-refractivity contribution in [2.75, 3.05) is 13.2 Å². The first-order chi connectivity index (χ1) is 9.39. The molecule has 1 aliphatic rings. The SMILES string of the molecule is CCCCCO[C@H]1S[C@@H](CO)[C@@H](O)[C@H](O)[C@]1(O)C(C)=O. The second kappa shape index (κ2) is 7.72. The molecule has 1 saturated heterocycles. The van der Waals surface area contributed by atoms with Crippen molar-refractivity contribution in [2.24, 2.45) is 0 Å². The maximum Gasteiger partial charge on any atom is 0.186 e. The number of hydrogen-bond donors (Lipinski definition) is 4. The molecule has 1 fully saturated rings. The molecule has 0 bridgehead atoms. The third-order valence-electron chi connectivity index (χ3n) is 3.57. The summed E-state index contributed by atoms with van der Waals surface area (Å²) in [4.78, 5) is 11.7. The van der Waals surface area contributed by atoms with E-state index in [1.165, 1.54) is 0 Å². The van der Waals surface area contributed by atoms with E-state index in [0.717, 1.165) is 37.9 Å². The first-order valence-electron chi connectivity index (χ1n) is 6.87. The Morgan fingerprint density at radius 2 is 2.00 bits per heavy atom. The number of ether oxygens (including phenoxy) is 1. The van der Waals surface area contributed by atoms with E-state index in [1.807, 2.05) is 6.92 Å². The number of carbonyl (C=O) groups is 1. The Balaban J connectivity index is 2.82. The van der Waals surface area contributed by atoms with Crippen molar-refractivity contribution >= 4 is 17.5 Å². The number of ketones is 1. The van der Waals surface area contributed by atoms with Crippen LogP contribution in [0.25, 0.3) is 0 Å². The number of aliphatic hydroxyl groups is 4. The fraction of sp³-hybridized carbons (Fsp3) is 0.923. The van der Waals surface area contributed by atoms with Gasteiger partial charge in [0.2, 0.25) is 0 Å². The molecule has 5 atom stereocenters. The van der Waals surface area contributed by atoms with Crippen molar-refractivity contribution in [3.05, 3.63) is 0 Å². The Kier molecular flexibility index (Phi) is 6.90. The van der Waals surface area contributed by atoms with Gasteiger partial charge in [0.15, 0.2) is 11.4 Å². The Morgan fingerprint density at radius 1 is 1.35 bits per heavy atom. The third kappa shape index (κ3) is 3.52. The Hall–Kier alpha value is -0.180. The summed E-state index contributed by atoms with van der Waals surface area (Å²) in [7, 11) is 0. The topological polar surface area (TPSA) is 107 Å². The summed E-state index contributed by atoms with van der Waals surface area (Å²) in [6.45, 7) is 3.18. The number of thioether (sulfide) groups is 1. The zero-order chi connectivity index (χ0) is 15.3. The molecule has 0 aromatic heterocycles. The summed E-state index contributed by atoms with van der Waals surface area (Å²) in [5, 5.41) is 38.8. The Morgan fingerprint density at radius 3 is 2.50 bits per heavy atom. The van der Waals surface area contributed by atoms with E-state index < -0.39 is 34.3 Å². The minimum Gasteiger partial charge on any atom is -0.395 e. The molecule has 1 heterocycles. The van der Waals surface area contributed by atoms with Crippen LogP contribution in [0.15, 0.2) is 0 Å². The molecule has 0 saturated carbocycles. The number of aliphatic hydroxyl groups excluding tert-OH is 3. The van der Waals surface area contributed by atoms with E-state index in [2.05, 4.69) is 0 Å². The molecule has 7 heteroatoms. The molecule has 0 aromatic carbocycles. The molecule has 0 aliphatic carbocycles. The lowest BCUT2D eigenvalue weighted by Crippen LogP contribution is -2.66. The summed E-state index contributed by atoms with van der Waals surface area (Å²) in [5.41, 5.74) is -3.14. The van der Waals surface area contributed by atoms with Crippen LogP contribution in [0.2, 0.25) is 0 Å². The maximum absolute atomic E-state index is 11.7. The van der Waals surface area contributed by atoms with Crippen molar-refractivity contribution in [3.63, 3.8) is 0 Å². The molecule has 4 N–H and O–H groups in total. The van der Waals surface area contributed by atoms with Crippen molar-refractivity contribution < 1.29 is 30.0 Å². The molecular formula is C13H24O6S. The predicted molar refractivity (Wildman–Crippen MR) is 75.4 cm³/mol. The molecule has 0 amide bonds. The van der Waals surface area contributed by atoms with Crippen LogP contribution in [-0.4, -0.2) is 67.9 Å². The average Bonchev–Trinajstić information content (AvgIpc) is 2.43. The monoisotopic (exact) mass is 308 g/mol. The van der Waals surface area contributed by atoms with Crippen LogP contribution >= 0.6 is 11.8 Å². The second-order valence-corrected chi connectivity index (χ2v) is 6.39. The van der Waals surface area contributed by atoms with Gasteiger partial charge < -0.3 is 25.2 Å². The predicted octanol–water partition coefficient (Wildman–Crippen LogP) is -0.331. The van der Waals surface area contributed by atoms with Gasteiger partial charge in [-0.2, -0.15) is 0 Å². The Labute approximate surface area is 123 Å². The molecule has 1 aliphatic heterocycles. The number of unbranched alkanes of at least 4 members (excludes halogenated alkanes) is 2. The maximum atomic E-state index is 11.7. The largest absolute Gasteiger partial charge is 0.395 e. The van der Waals surface area contributed by atoms with E-state index in [9.17, 15) is 25.2 Å². The second-order valence-electron chi connectivity index (χ2n) is 5.08. The number of hydrogen-bond acceptors (Lipinski definition) is 7. The molecule has 0 spiro atoms. The molecule has 0 radical (unpaired) electrons. The summed E-state index contributed by atoms with van der Waals surface area (Å²) >= 11 is 0.984. The van der Waals surface area contributed by atoms with Crippen LogP contribution in [0, 0.1) is 0 Å². The van der Waals surface area contributed by atoms with Gasteiger partial charge >= 0.3 is 0 Å². The smallest absolute Gasteiger partial charge is 0.186 e. The van der Waals surface area contributed by atoms with Gasteiger partial charge in [0.1, 0.15) is 11.5 Å². The number of Topliss-reactive ketones (excluding diaryl/α,β-unsaturated/α-hetero) is 1. The highest BCUT2D eigenvalue weighted by atomic mass is 32.2. The van der Waals surface area contributed by atoms with Crippen molar-refractivity contribution in [3.8, 4) is 0 Å². The summed E-state index contributed by atoms with van der Waals surface area (Å²) in [6, 6.07) is 0. The van der Waals surface area contributed by atoms with Gasteiger partial charge in [-0.05, 0) is 13.3 Å². The lowest BCUT2D eigenvalue weighted by Gasteiger charge is -2.46. The molecule has 1 rings (SSSR count). The van der Waals surface area contributed by atoms with Gasteiger partial charge in [0.05, 0.1) is 18.0 Å². The molecule has 0 unspecified atom stereocenters. The first kappa shape index (κ1) is 17.9. The minimum absolute atomic E-state index is 0.349. The normalized spacial score (nSPS) is 37.9. The van der Waals surface area contributed by atoms with Gasteiger partial charge in [0.25, 0.3) is 0 Å². The number of rotatable bonds is 7. The fourth-order valence-electron chi connectivity index (χ4n) is 2.18. The van der Waals surface area contributed by atoms with E-state index in [0.29, 0.717) is 6.61 Å². The van der Waals surface area contributed by atoms with Gasteiger partial charge in [-0.15, -0.1) is 11.8 Å². The molecule has 6 nitrogen and oxygen atoms in total. The zero-order valence-corrected chi connectivity index (χ0v) is 12.7. The Bertz CT molecular complexity index is 326. The summed E-state index contributed by atoms with van der Waals surface area (Å²) < 4.78 is 5.52.